The highest BCUT2D eigenvalue weighted by Crippen LogP contribution is 2.25. The van der Waals surface area contributed by atoms with Gasteiger partial charge in [-0.2, -0.15) is 0 Å². The fourth-order valence-corrected chi connectivity index (χ4v) is 3.37. The molecule has 2 fully saturated rings. The maximum Gasteiger partial charge on any atom is 0.225 e. The van der Waals surface area contributed by atoms with Crippen molar-refractivity contribution in [2.75, 3.05) is 26.2 Å². The Morgan fingerprint density at radius 1 is 0.900 bits per heavy atom. The summed E-state index contributed by atoms with van der Waals surface area (Å²) in [5.41, 5.74) is 0. The van der Waals surface area contributed by atoms with Gasteiger partial charge >= 0.3 is 0 Å². The Balaban J connectivity index is 1.85. The lowest BCUT2D eigenvalue weighted by Gasteiger charge is -2.28. The quantitative estimate of drug-likeness (QED) is 0.796. The second kappa shape index (κ2) is 7.65. The molecule has 4 nitrogen and oxygen atoms in total. The highest BCUT2D eigenvalue weighted by atomic mass is 16.2. The Hall–Kier alpha value is -1.06. The molecule has 2 rings (SSSR count). The number of hydrogen-bond acceptors (Lipinski definition) is 2. The second-order valence-electron chi connectivity index (χ2n) is 6.14. The summed E-state index contributed by atoms with van der Waals surface area (Å²) in [7, 11) is 0. The molecule has 1 aliphatic carbocycles. The molecule has 0 unspecified atom stereocenters. The van der Waals surface area contributed by atoms with E-state index in [0.29, 0.717) is 12.3 Å². The zero-order chi connectivity index (χ0) is 14.4. The van der Waals surface area contributed by atoms with Crippen LogP contribution in [0.3, 0.4) is 0 Å². The lowest BCUT2D eigenvalue weighted by atomic mass is 9.88. The summed E-state index contributed by atoms with van der Waals surface area (Å²) in [6.07, 6.45) is 8.27. The van der Waals surface area contributed by atoms with E-state index in [0.717, 1.165) is 51.9 Å². The summed E-state index contributed by atoms with van der Waals surface area (Å²) in [6, 6.07) is 0. The number of carbonyl (C=O) groups excluding carboxylic acids is 2. The summed E-state index contributed by atoms with van der Waals surface area (Å²) in [4.78, 5) is 28.4. The van der Waals surface area contributed by atoms with Crippen molar-refractivity contribution in [3.05, 3.63) is 0 Å². The van der Waals surface area contributed by atoms with Crippen LogP contribution in [0.1, 0.15) is 58.3 Å². The van der Waals surface area contributed by atoms with Crippen molar-refractivity contribution in [2.24, 2.45) is 5.92 Å². The van der Waals surface area contributed by atoms with E-state index in [-0.39, 0.29) is 11.8 Å². The van der Waals surface area contributed by atoms with Crippen molar-refractivity contribution in [2.45, 2.75) is 58.3 Å². The van der Waals surface area contributed by atoms with Crippen LogP contribution in [0.4, 0.5) is 0 Å². The van der Waals surface area contributed by atoms with E-state index in [1.807, 2.05) is 16.7 Å². The maximum atomic E-state index is 12.5. The molecular formula is C16H28N2O2. The molecule has 0 aromatic carbocycles. The average molecular weight is 280 g/mol. The van der Waals surface area contributed by atoms with Crippen molar-refractivity contribution >= 4 is 11.8 Å². The van der Waals surface area contributed by atoms with Gasteiger partial charge in [0.2, 0.25) is 11.8 Å². The van der Waals surface area contributed by atoms with Crippen molar-refractivity contribution in [1.82, 2.24) is 9.80 Å². The minimum atomic E-state index is 0.250. The topological polar surface area (TPSA) is 40.6 Å². The van der Waals surface area contributed by atoms with Gasteiger partial charge in [-0.1, -0.05) is 26.2 Å². The molecule has 1 saturated carbocycles. The van der Waals surface area contributed by atoms with Crippen LogP contribution >= 0.6 is 0 Å². The van der Waals surface area contributed by atoms with Crippen molar-refractivity contribution in [3.63, 3.8) is 0 Å². The van der Waals surface area contributed by atoms with E-state index in [1.165, 1.54) is 19.3 Å². The van der Waals surface area contributed by atoms with E-state index >= 15 is 0 Å². The predicted octanol–water partition coefficient (Wildman–Crippen LogP) is 2.43. The standard InChI is InChI=1S/C16H28N2O2/c1-2-7-15(19)17-10-6-11-18(13-12-17)16(20)14-8-4-3-5-9-14/h14H,2-13H2,1H3. The molecule has 2 aliphatic rings. The minimum Gasteiger partial charge on any atom is -0.341 e. The monoisotopic (exact) mass is 280 g/mol. The highest BCUT2D eigenvalue weighted by molar-refractivity contribution is 5.79. The Morgan fingerprint density at radius 2 is 1.55 bits per heavy atom. The predicted molar refractivity (Wildman–Crippen MR) is 79.3 cm³/mol. The van der Waals surface area contributed by atoms with Crippen LogP contribution in [-0.2, 0) is 9.59 Å². The first-order valence-electron chi connectivity index (χ1n) is 8.29. The smallest absolute Gasteiger partial charge is 0.225 e. The van der Waals surface area contributed by atoms with Crippen molar-refractivity contribution < 1.29 is 9.59 Å². The molecule has 0 spiro atoms. The van der Waals surface area contributed by atoms with Gasteiger partial charge in [0.1, 0.15) is 0 Å². The molecule has 0 bridgehead atoms. The highest BCUT2D eigenvalue weighted by Gasteiger charge is 2.28. The first kappa shape index (κ1) is 15.3. The molecule has 0 N–H and O–H groups in total. The molecule has 2 amide bonds. The van der Waals surface area contributed by atoms with Gasteiger partial charge in [-0.3, -0.25) is 9.59 Å². The largest absolute Gasteiger partial charge is 0.341 e. The average Bonchev–Trinajstić information content (AvgIpc) is 2.73. The summed E-state index contributed by atoms with van der Waals surface area (Å²) < 4.78 is 0. The third kappa shape index (κ3) is 3.97. The first-order chi connectivity index (χ1) is 9.72. The lowest BCUT2D eigenvalue weighted by molar-refractivity contribution is -0.137. The molecule has 1 saturated heterocycles. The van der Waals surface area contributed by atoms with Gasteiger partial charge in [-0.05, 0) is 25.7 Å². The first-order valence-corrected chi connectivity index (χ1v) is 8.29. The molecule has 114 valence electrons. The normalized spacial score (nSPS) is 21.6. The second-order valence-corrected chi connectivity index (χ2v) is 6.14. The number of rotatable bonds is 3. The maximum absolute atomic E-state index is 12.5. The number of carbonyl (C=O) groups is 2. The Labute approximate surface area is 122 Å². The molecule has 0 radical (unpaired) electrons. The van der Waals surface area contributed by atoms with Crippen LogP contribution in [0.2, 0.25) is 0 Å². The van der Waals surface area contributed by atoms with E-state index in [1.54, 1.807) is 0 Å². The Morgan fingerprint density at radius 3 is 2.25 bits per heavy atom. The zero-order valence-electron chi connectivity index (χ0n) is 12.8. The van der Waals surface area contributed by atoms with Crippen LogP contribution < -0.4 is 0 Å². The molecular weight excluding hydrogens is 252 g/mol. The fraction of sp³-hybridized carbons (Fsp3) is 0.875. The van der Waals surface area contributed by atoms with Gasteiger partial charge in [0.25, 0.3) is 0 Å². The van der Waals surface area contributed by atoms with Crippen LogP contribution in [0.15, 0.2) is 0 Å². The third-order valence-electron chi connectivity index (χ3n) is 4.58. The van der Waals surface area contributed by atoms with Crippen LogP contribution in [0.25, 0.3) is 0 Å². The van der Waals surface area contributed by atoms with E-state index in [9.17, 15) is 9.59 Å². The summed E-state index contributed by atoms with van der Waals surface area (Å²) in [5.74, 6) is 0.843. The Bertz CT molecular complexity index is 337. The molecule has 0 aromatic heterocycles. The van der Waals surface area contributed by atoms with Gasteiger partial charge < -0.3 is 9.80 Å². The van der Waals surface area contributed by atoms with E-state index < -0.39 is 0 Å². The van der Waals surface area contributed by atoms with Gasteiger partial charge in [0, 0.05) is 38.5 Å². The van der Waals surface area contributed by atoms with Crippen LogP contribution in [-0.4, -0.2) is 47.8 Å². The number of amides is 2. The van der Waals surface area contributed by atoms with Crippen LogP contribution in [0, 0.1) is 5.92 Å². The number of hydrogen-bond donors (Lipinski definition) is 0. The molecule has 20 heavy (non-hydrogen) atoms. The molecule has 0 aromatic rings. The van der Waals surface area contributed by atoms with Gasteiger partial charge in [0.15, 0.2) is 0 Å². The summed E-state index contributed by atoms with van der Waals surface area (Å²) >= 11 is 0. The molecule has 4 heteroatoms. The Kier molecular flexibility index (Phi) is 5.86. The summed E-state index contributed by atoms with van der Waals surface area (Å²) in [5, 5.41) is 0. The number of nitrogens with zero attached hydrogens (tertiary/aromatic N) is 2. The zero-order valence-corrected chi connectivity index (χ0v) is 12.8. The van der Waals surface area contributed by atoms with Crippen molar-refractivity contribution in [1.29, 1.82) is 0 Å². The molecule has 1 heterocycles. The van der Waals surface area contributed by atoms with E-state index in [2.05, 4.69) is 0 Å². The van der Waals surface area contributed by atoms with Crippen LogP contribution in [0.5, 0.6) is 0 Å². The summed E-state index contributed by atoms with van der Waals surface area (Å²) in [6.45, 7) is 5.12. The molecule has 1 aliphatic heterocycles. The van der Waals surface area contributed by atoms with E-state index in [4.69, 9.17) is 0 Å². The third-order valence-corrected chi connectivity index (χ3v) is 4.58. The van der Waals surface area contributed by atoms with Gasteiger partial charge in [-0.25, -0.2) is 0 Å². The molecule has 0 atom stereocenters. The minimum absolute atomic E-state index is 0.250. The van der Waals surface area contributed by atoms with Crippen molar-refractivity contribution in [3.8, 4) is 0 Å². The van der Waals surface area contributed by atoms with Gasteiger partial charge in [0.05, 0.1) is 0 Å². The lowest BCUT2D eigenvalue weighted by Crippen LogP contribution is -2.40. The van der Waals surface area contributed by atoms with Gasteiger partial charge in [-0.15, -0.1) is 0 Å². The SMILES string of the molecule is CCCC(=O)N1CCCN(C(=O)C2CCCCC2)CC1. The fourth-order valence-electron chi connectivity index (χ4n) is 3.37.